The molecule has 4 nitrogen and oxygen atoms in total. The van der Waals surface area contributed by atoms with Crippen molar-refractivity contribution >= 4 is 27.3 Å². The van der Waals surface area contributed by atoms with Crippen LogP contribution in [0.4, 0.5) is 5.69 Å². The van der Waals surface area contributed by atoms with Gasteiger partial charge in [-0.15, -0.1) is 0 Å². The van der Waals surface area contributed by atoms with Gasteiger partial charge in [0.1, 0.15) is 4.90 Å². The van der Waals surface area contributed by atoms with Crippen LogP contribution in [0.2, 0.25) is 5.02 Å². The van der Waals surface area contributed by atoms with Crippen molar-refractivity contribution in [3.05, 3.63) is 23.2 Å². The summed E-state index contributed by atoms with van der Waals surface area (Å²) in [6, 6.07) is 4.48. The molecule has 1 fully saturated rings. The molecule has 100 valence electrons. The molecule has 1 aromatic carbocycles. The van der Waals surface area contributed by atoms with Gasteiger partial charge in [0, 0.05) is 11.7 Å². The molecule has 1 aromatic rings. The molecule has 0 amide bonds. The Morgan fingerprint density at radius 2 is 2.11 bits per heavy atom. The van der Waals surface area contributed by atoms with Crippen molar-refractivity contribution in [3.8, 4) is 0 Å². The molecule has 0 saturated heterocycles. The van der Waals surface area contributed by atoms with Gasteiger partial charge in [0.25, 0.3) is 0 Å². The summed E-state index contributed by atoms with van der Waals surface area (Å²) in [6.07, 6.45) is 2.80. The topological polar surface area (TPSA) is 72.2 Å². The van der Waals surface area contributed by atoms with Crippen molar-refractivity contribution in [1.29, 1.82) is 0 Å². The highest BCUT2D eigenvalue weighted by atomic mass is 35.5. The molecule has 2 rings (SSSR count). The maximum Gasteiger partial charge on any atom is 0.242 e. The Bertz CT molecular complexity index is 545. The van der Waals surface area contributed by atoms with Crippen LogP contribution in [0.1, 0.15) is 26.2 Å². The third-order valence-corrected chi connectivity index (χ3v) is 5.26. The monoisotopic (exact) mass is 288 g/mol. The van der Waals surface area contributed by atoms with Gasteiger partial charge in [-0.05, 0) is 43.4 Å². The summed E-state index contributed by atoms with van der Waals surface area (Å²) < 4.78 is 27.1. The molecular formula is C12H17ClN2O2S. The Morgan fingerprint density at radius 3 is 2.72 bits per heavy atom. The maximum atomic E-state index is 12.2. The highest BCUT2D eigenvalue weighted by molar-refractivity contribution is 7.89. The third-order valence-electron chi connectivity index (χ3n) is 3.26. The van der Waals surface area contributed by atoms with E-state index in [1.54, 1.807) is 6.07 Å². The maximum absolute atomic E-state index is 12.2. The van der Waals surface area contributed by atoms with E-state index in [1.807, 2.05) is 0 Å². The van der Waals surface area contributed by atoms with Crippen molar-refractivity contribution in [2.75, 3.05) is 5.73 Å². The molecule has 2 atom stereocenters. The normalized spacial score (nSPS) is 24.3. The summed E-state index contributed by atoms with van der Waals surface area (Å²) in [5.41, 5.74) is 5.99. The largest absolute Gasteiger partial charge is 0.399 e. The van der Waals surface area contributed by atoms with Gasteiger partial charge in [-0.25, -0.2) is 13.1 Å². The summed E-state index contributed by atoms with van der Waals surface area (Å²) >= 11 is 5.92. The van der Waals surface area contributed by atoms with Gasteiger partial charge in [0.15, 0.2) is 0 Å². The van der Waals surface area contributed by atoms with E-state index >= 15 is 0 Å². The Balaban J connectivity index is 2.23. The van der Waals surface area contributed by atoms with Crippen molar-refractivity contribution in [2.24, 2.45) is 5.92 Å². The number of nitrogen functional groups attached to an aromatic ring is 1. The molecule has 6 heteroatoms. The summed E-state index contributed by atoms with van der Waals surface area (Å²) in [5.74, 6) is 0.564. The van der Waals surface area contributed by atoms with Gasteiger partial charge in [-0.3, -0.25) is 0 Å². The zero-order chi connectivity index (χ0) is 13.3. The van der Waals surface area contributed by atoms with Gasteiger partial charge in [0.05, 0.1) is 5.02 Å². The minimum Gasteiger partial charge on any atom is -0.399 e. The van der Waals surface area contributed by atoms with E-state index in [-0.39, 0.29) is 16.0 Å². The molecule has 1 aliphatic rings. The number of nitrogens with one attached hydrogen (secondary N) is 1. The van der Waals surface area contributed by atoms with Crippen LogP contribution in [-0.4, -0.2) is 14.5 Å². The molecule has 3 N–H and O–H groups in total. The predicted molar refractivity (Wildman–Crippen MR) is 73.0 cm³/mol. The Labute approximate surface area is 113 Å². The lowest BCUT2D eigenvalue weighted by Gasteiger charge is -2.14. The van der Waals surface area contributed by atoms with Crippen molar-refractivity contribution in [2.45, 2.75) is 37.1 Å². The molecule has 0 spiro atoms. The first-order valence-electron chi connectivity index (χ1n) is 5.96. The minimum atomic E-state index is -3.58. The number of hydrogen-bond acceptors (Lipinski definition) is 3. The van der Waals surface area contributed by atoms with E-state index in [2.05, 4.69) is 11.6 Å². The van der Waals surface area contributed by atoms with Gasteiger partial charge in [-0.2, -0.15) is 0 Å². The minimum absolute atomic E-state index is 0.00231. The van der Waals surface area contributed by atoms with Crippen LogP contribution in [0.5, 0.6) is 0 Å². The van der Waals surface area contributed by atoms with Crippen LogP contribution in [-0.2, 0) is 10.0 Å². The average Bonchev–Trinajstić information content (AvgIpc) is 2.66. The number of hydrogen-bond donors (Lipinski definition) is 2. The molecule has 0 heterocycles. The zero-order valence-electron chi connectivity index (χ0n) is 10.2. The summed E-state index contributed by atoms with van der Waals surface area (Å²) in [5, 5.41) is 0.197. The number of sulfonamides is 1. The fourth-order valence-electron chi connectivity index (χ4n) is 2.32. The zero-order valence-corrected chi connectivity index (χ0v) is 11.8. The molecule has 18 heavy (non-hydrogen) atoms. The van der Waals surface area contributed by atoms with E-state index in [4.69, 9.17) is 17.3 Å². The Hall–Kier alpha value is -0.780. The van der Waals surface area contributed by atoms with E-state index in [0.717, 1.165) is 19.3 Å². The number of halogens is 1. The fraction of sp³-hybridized carbons (Fsp3) is 0.500. The highest BCUT2D eigenvalue weighted by Gasteiger charge is 2.27. The second kappa shape index (κ2) is 5.07. The Morgan fingerprint density at radius 1 is 1.39 bits per heavy atom. The van der Waals surface area contributed by atoms with Crippen LogP contribution in [0.15, 0.2) is 23.1 Å². The Kier molecular flexibility index (Phi) is 3.84. The molecule has 1 aliphatic carbocycles. The first-order valence-corrected chi connectivity index (χ1v) is 7.82. The highest BCUT2D eigenvalue weighted by Crippen LogP contribution is 2.28. The smallest absolute Gasteiger partial charge is 0.242 e. The van der Waals surface area contributed by atoms with Crippen molar-refractivity contribution in [3.63, 3.8) is 0 Å². The number of benzene rings is 1. The van der Waals surface area contributed by atoms with Crippen LogP contribution in [0.3, 0.4) is 0 Å². The number of rotatable bonds is 3. The summed E-state index contributed by atoms with van der Waals surface area (Å²) in [7, 11) is -3.58. The lowest BCUT2D eigenvalue weighted by Crippen LogP contribution is -2.33. The quantitative estimate of drug-likeness (QED) is 0.839. The molecule has 1 saturated carbocycles. The van der Waals surface area contributed by atoms with Gasteiger partial charge in [-0.1, -0.05) is 18.5 Å². The van der Waals surface area contributed by atoms with Crippen LogP contribution in [0.25, 0.3) is 0 Å². The number of nitrogens with two attached hydrogens (primary N) is 1. The predicted octanol–water partition coefficient (Wildman–Crippen LogP) is 2.39. The van der Waals surface area contributed by atoms with Crippen LogP contribution >= 0.6 is 11.6 Å². The number of anilines is 1. The molecular weight excluding hydrogens is 272 g/mol. The lowest BCUT2D eigenvalue weighted by atomic mass is 10.1. The second-order valence-corrected chi connectivity index (χ2v) is 7.02. The lowest BCUT2D eigenvalue weighted by molar-refractivity contribution is 0.538. The van der Waals surface area contributed by atoms with E-state index in [1.165, 1.54) is 12.1 Å². The van der Waals surface area contributed by atoms with Gasteiger partial charge < -0.3 is 5.73 Å². The molecule has 0 bridgehead atoms. The molecule has 0 aromatic heterocycles. The van der Waals surface area contributed by atoms with Gasteiger partial charge >= 0.3 is 0 Å². The van der Waals surface area contributed by atoms with E-state index < -0.39 is 10.0 Å². The average molecular weight is 289 g/mol. The summed E-state index contributed by atoms with van der Waals surface area (Å²) in [6.45, 7) is 2.13. The standard InChI is InChI=1S/C12H17ClN2O2S/c1-8-2-4-10(6-8)15-18(16,17)12-7-9(14)3-5-11(12)13/h3,5,7-8,10,15H,2,4,6,14H2,1H3. The van der Waals surface area contributed by atoms with Crippen molar-refractivity contribution < 1.29 is 8.42 Å². The third kappa shape index (κ3) is 2.96. The SMILES string of the molecule is CC1CCC(NS(=O)(=O)c2cc(N)ccc2Cl)C1. The van der Waals surface area contributed by atoms with Crippen LogP contribution in [0, 0.1) is 5.92 Å². The first-order chi connectivity index (χ1) is 8.38. The molecule has 0 radical (unpaired) electrons. The summed E-state index contributed by atoms with van der Waals surface area (Å²) in [4.78, 5) is 0.0590. The van der Waals surface area contributed by atoms with E-state index in [9.17, 15) is 8.42 Å². The van der Waals surface area contributed by atoms with Gasteiger partial charge in [0.2, 0.25) is 10.0 Å². The van der Waals surface area contributed by atoms with Crippen molar-refractivity contribution in [1.82, 2.24) is 4.72 Å². The second-order valence-electron chi connectivity index (χ2n) is 4.93. The first kappa shape index (κ1) is 13.6. The van der Waals surface area contributed by atoms with Crippen LogP contribution < -0.4 is 10.5 Å². The molecule has 0 aliphatic heterocycles. The fourth-order valence-corrected chi connectivity index (χ4v) is 4.14. The molecule has 2 unspecified atom stereocenters. The van der Waals surface area contributed by atoms with E-state index in [0.29, 0.717) is 11.6 Å².